The first-order valence-electron chi connectivity index (χ1n) is 5.45. The van der Waals surface area contributed by atoms with Crippen LogP contribution in [-0.2, 0) is 0 Å². The molecule has 0 spiro atoms. The van der Waals surface area contributed by atoms with E-state index in [1.54, 1.807) is 12.3 Å². The van der Waals surface area contributed by atoms with E-state index >= 15 is 0 Å². The predicted molar refractivity (Wildman–Crippen MR) is 69.0 cm³/mol. The summed E-state index contributed by atoms with van der Waals surface area (Å²) in [5, 5.41) is 1.25. The second-order valence-electron chi connectivity index (χ2n) is 3.87. The lowest BCUT2D eigenvalue weighted by Gasteiger charge is -2.15. The van der Waals surface area contributed by atoms with Crippen LogP contribution in [0.25, 0.3) is 10.8 Å². The first-order chi connectivity index (χ1) is 8.63. The van der Waals surface area contributed by atoms with Crippen LogP contribution >= 0.6 is 0 Å². The van der Waals surface area contributed by atoms with Crippen LogP contribution in [0.15, 0.2) is 17.1 Å². The molecule has 0 amide bonds. The minimum absolute atomic E-state index is 0.185. The number of aromatic nitrogens is 1. The molecule has 0 aliphatic carbocycles. The molecule has 0 bridgehead atoms. The number of hydrogen-bond donors (Lipinski definition) is 1. The van der Waals surface area contributed by atoms with Crippen LogP contribution in [0.5, 0.6) is 17.2 Å². The molecule has 1 aromatic carbocycles. The highest BCUT2D eigenvalue weighted by atomic mass is 16.5. The molecule has 0 radical (unpaired) electrons. The number of benzene rings is 1. The zero-order valence-corrected chi connectivity index (χ0v) is 10.8. The minimum atomic E-state index is -0.185. The van der Waals surface area contributed by atoms with Gasteiger partial charge in [0.1, 0.15) is 0 Å². The highest BCUT2D eigenvalue weighted by Gasteiger charge is 2.18. The molecule has 0 aliphatic heterocycles. The number of aryl methyl sites for hydroxylation is 1. The fourth-order valence-corrected chi connectivity index (χ4v) is 2.05. The maximum Gasteiger partial charge on any atom is 0.256 e. The number of H-pyrrole nitrogens is 1. The molecule has 0 aliphatic rings. The summed E-state index contributed by atoms with van der Waals surface area (Å²) in [6.45, 7) is 1.90. The zero-order chi connectivity index (χ0) is 13.3. The normalized spacial score (nSPS) is 10.4. The fraction of sp³-hybridized carbons (Fsp3) is 0.308. The molecule has 0 saturated carbocycles. The van der Waals surface area contributed by atoms with Crippen LogP contribution in [0.3, 0.4) is 0 Å². The summed E-state index contributed by atoms with van der Waals surface area (Å²) in [5.74, 6) is 1.47. The van der Waals surface area contributed by atoms with E-state index < -0.39 is 0 Å². The van der Waals surface area contributed by atoms with E-state index in [0.29, 0.717) is 22.6 Å². The molecule has 18 heavy (non-hydrogen) atoms. The van der Waals surface area contributed by atoms with Gasteiger partial charge in [0.2, 0.25) is 5.75 Å². The average molecular weight is 249 g/mol. The Bertz CT molecular complexity index is 645. The van der Waals surface area contributed by atoms with Gasteiger partial charge in [0.15, 0.2) is 11.5 Å². The van der Waals surface area contributed by atoms with Gasteiger partial charge in [-0.25, -0.2) is 0 Å². The molecule has 5 nitrogen and oxygen atoms in total. The van der Waals surface area contributed by atoms with Crippen molar-refractivity contribution < 1.29 is 14.2 Å². The molecule has 0 fully saturated rings. The number of methoxy groups -OCH3 is 3. The number of ether oxygens (including phenoxy) is 3. The number of rotatable bonds is 3. The molecule has 2 aromatic rings. The van der Waals surface area contributed by atoms with Crippen LogP contribution in [0.4, 0.5) is 0 Å². The van der Waals surface area contributed by atoms with Gasteiger partial charge >= 0.3 is 0 Å². The number of pyridine rings is 1. The van der Waals surface area contributed by atoms with E-state index in [-0.39, 0.29) is 5.56 Å². The second kappa shape index (κ2) is 4.60. The first kappa shape index (κ1) is 12.3. The molecule has 1 N–H and O–H groups in total. The van der Waals surface area contributed by atoms with Crippen molar-refractivity contribution in [3.63, 3.8) is 0 Å². The van der Waals surface area contributed by atoms with Crippen molar-refractivity contribution in [2.45, 2.75) is 6.92 Å². The Hall–Kier alpha value is -2.17. The quantitative estimate of drug-likeness (QED) is 0.902. The monoisotopic (exact) mass is 249 g/mol. The molecular formula is C13H15NO4. The van der Waals surface area contributed by atoms with Gasteiger partial charge in [-0.1, -0.05) is 0 Å². The summed E-state index contributed by atoms with van der Waals surface area (Å²) < 4.78 is 15.9. The maximum atomic E-state index is 11.9. The van der Waals surface area contributed by atoms with Gasteiger partial charge in [-0.3, -0.25) is 4.79 Å². The summed E-state index contributed by atoms with van der Waals surface area (Å²) in [6.07, 6.45) is 1.65. The van der Waals surface area contributed by atoms with Crippen molar-refractivity contribution in [1.82, 2.24) is 4.98 Å². The van der Waals surface area contributed by atoms with Crippen molar-refractivity contribution in [3.8, 4) is 17.2 Å². The third-order valence-corrected chi connectivity index (χ3v) is 2.89. The largest absolute Gasteiger partial charge is 0.493 e. The predicted octanol–water partition coefficient (Wildman–Crippen LogP) is 1.86. The van der Waals surface area contributed by atoms with Crippen LogP contribution in [0, 0.1) is 6.92 Å². The summed E-state index contributed by atoms with van der Waals surface area (Å²) in [4.78, 5) is 14.5. The number of fused-ring (bicyclic) bond motifs is 1. The highest BCUT2D eigenvalue weighted by Crippen LogP contribution is 2.43. The van der Waals surface area contributed by atoms with Gasteiger partial charge < -0.3 is 19.2 Å². The fourth-order valence-electron chi connectivity index (χ4n) is 2.05. The van der Waals surface area contributed by atoms with Gasteiger partial charge in [-0.15, -0.1) is 0 Å². The minimum Gasteiger partial charge on any atom is -0.493 e. The molecule has 0 atom stereocenters. The highest BCUT2D eigenvalue weighted by molar-refractivity contribution is 5.94. The van der Waals surface area contributed by atoms with E-state index in [2.05, 4.69) is 4.98 Å². The van der Waals surface area contributed by atoms with Gasteiger partial charge in [0, 0.05) is 11.6 Å². The summed E-state index contributed by atoms with van der Waals surface area (Å²) in [6, 6.07) is 1.66. The Morgan fingerprint density at radius 2 is 1.72 bits per heavy atom. The lowest BCUT2D eigenvalue weighted by atomic mass is 10.1. The van der Waals surface area contributed by atoms with Gasteiger partial charge in [0.25, 0.3) is 5.56 Å². The van der Waals surface area contributed by atoms with Gasteiger partial charge in [0.05, 0.1) is 26.7 Å². The summed E-state index contributed by atoms with van der Waals surface area (Å²) >= 11 is 0. The first-order valence-corrected chi connectivity index (χ1v) is 5.45. The van der Waals surface area contributed by atoms with E-state index in [1.807, 2.05) is 6.92 Å². The molecule has 0 unspecified atom stereocenters. The van der Waals surface area contributed by atoms with Crippen molar-refractivity contribution in [3.05, 3.63) is 28.2 Å². The summed E-state index contributed by atoms with van der Waals surface area (Å²) in [7, 11) is 4.60. The number of hydrogen-bond acceptors (Lipinski definition) is 4. The number of aromatic amines is 1. The number of nitrogens with one attached hydrogen (secondary N) is 1. The Kier molecular flexibility index (Phi) is 3.14. The third kappa shape index (κ3) is 1.68. The molecule has 1 heterocycles. The van der Waals surface area contributed by atoms with Crippen molar-refractivity contribution in [1.29, 1.82) is 0 Å². The smallest absolute Gasteiger partial charge is 0.256 e. The zero-order valence-electron chi connectivity index (χ0n) is 10.8. The van der Waals surface area contributed by atoms with Gasteiger partial charge in [-0.05, 0) is 18.6 Å². The van der Waals surface area contributed by atoms with Crippen LogP contribution in [0.1, 0.15) is 5.56 Å². The summed E-state index contributed by atoms with van der Waals surface area (Å²) in [5.41, 5.74) is 0.720. The lowest BCUT2D eigenvalue weighted by Crippen LogP contribution is -2.08. The van der Waals surface area contributed by atoms with Crippen LogP contribution < -0.4 is 19.8 Å². The molecular weight excluding hydrogens is 234 g/mol. The van der Waals surface area contributed by atoms with Crippen LogP contribution in [0.2, 0.25) is 0 Å². The SMILES string of the molecule is COc1cc2c(=O)[nH]cc(C)c2c(OC)c1OC. The Morgan fingerprint density at radius 3 is 2.28 bits per heavy atom. The van der Waals surface area contributed by atoms with E-state index in [9.17, 15) is 4.79 Å². The molecule has 0 saturated heterocycles. The Labute approximate surface area is 104 Å². The van der Waals surface area contributed by atoms with E-state index in [0.717, 1.165) is 10.9 Å². The van der Waals surface area contributed by atoms with E-state index in [1.165, 1.54) is 21.3 Å². The molecule has 1 aromatic heterocycles. The molecule has 2 rings (SSSR count). The van der Waals surface area contributed by atoms with Crippen molar-refractivity contribution >= 4 is 10.8 Å². The third-order valence-electron chi connectivity index (χ3n) is 2.89. The maximum absolute atomic E-state index is 11.9. The average Bonchev–Trinajstić information content (AvgIpc) is 2.40. The molecule has 5 heteroatoms. The Morgan fingerprint density at radius 1 is 1.06 bits per heavy atom. The lowest BCUT2D eigenvalue weighted by molar-refractivity contribution is 0.327. The Balaban J connectivity index is 3.01. The molecule has 96 valence electrons. The standard InChI is InChI=1S/C13H15NO4/c1-7-6-14-13(15)8-5-9(16-2)11(17-3)12(18-4)10(7)8/h5-6H,1-4H3,(H,14,15). The van der Waals surface area contributed by atoms with Crippen molar-refractivity contribution in [2.24, 2.45) is 0 Å². The second-order valence-corrected chi connectivity index (χ2v) is 3.87. The van der Waals surface area contributed by atoms with Crippen molar-refractivity contribution in [2.75, 3.05) is 21.3 Å². The van der Waals surface area contributed by atoms with E-state index in [4.69, 9.17) is 14.2 Å². The topological polar surface area (TPSA) is 60.6 Å². The van der Waals surface area contributed by atoms with Crippen LogP contribution in [-0.4, -0.2) is 26.3 Å². The van der Waals surface area contributed by atoms with Gasteiger partial charge in [-0.2, -0.15) is 0 Å².